The van der Waals surface area contributed by atoms with Gasteiger partial charge in [-0.25, -0.2) is 4.79 Å². The maximum absolute atomic E-state index is 12.4. The van der Waals surface area contributed by atoms with Gasteiger partial charge in [0, 0.05) is 18.6 Å². The summed E-state index contributed by atoms with van der Waals surface area (Å²) >= 11 is 5.91. The lowest BCUT2D eigenvalue weighted by atomic mass is 10.0. The van der Waals surface area contributed by atoms with Crippen molar-refractivity contribution in [1.29, 1.82) is 0 Å². The first-order valence-corrected chi connectivity index (χ1v) is 7.74. The Hall–Kier alpha value is -2.37. The van der Waals surface area contributed by atoms with Gasteiger partial charge in [0.25, 0.3) is 5.91 Å². The van der Waals surface area contributed by atoms with E-state index in [1.165, 1.54) is 7.11 Å². The molecule has 0 aliphatic rings. The first-order chi connectivity index (χ1) is 11.5. The van der Waals surface area contributed by atoms with Gasteiger partial charge in [-0.15, -0.1) is 0 Å². The molecule has 6 heteroatoms. The summed E-state index contributed by atoms with van der Waals surface area (Å²) in [5.74, 6) is -1.62. The van der Waals surface area contributed by atoms with Crippen molar-refractivity contribution >= 4 is 23.5 Å². The van der Waals surface area contributed by atoms with Crippen LogP contribution >= 0.6 is 11.6 Å². The molecule has 24 heavy (non-hydrogen) atoms. The summed E-state index contributed by atoms with van der Waals surface area (Å²) in [7, 11) is 1.41. The number of benzene rings is 2. The molecule has 0 aliphatic heterocycles. The summed E-state index contributed by atoms with van der Waals surface area (Å²) in [6.07, 6.45) is -0.736. The van der Waals surface area contributed by atoms with Crippen LogP contribution in [0.2, 0.25) is 5.02 Å². The van der Waals surface area contributed by atoms with E-state index in [1.807, 2.05) is 6.07 Å². The normalized spacial score (nSPS) is 13.1. The zero-order valence-corrected chi connectivity index (χ0v) is 13.9. The predicted molar refractivity (Wildman–Crippen MR) is 90.9 cm³/mol. The Morgan fingerprint density at radius 3 is 2.46 bits per heavy atom. The molecule has 0 aromatic heterocycles. The van der Waals surface area contributed by atoms with Crippen molar-refractivity contribution in [2.45, 2.75) is 18.6 Å². The summed E-state index contributed by atoms with van der Waals surface area (Å²) in [6, 6.07) is 14.7. The van der Waals surface area contributed by atoms with Crippen LogP contribution in [-0.4, -0.2) is 30.1 Å². The van der Waals surface area contributed by atoms with E-state index in [0.717, 1.165) is 5.56 Å². The maximum atomic E-state index is 12.4. The van der Waals surface area contributed by atoms with E-state index < -0.39 is 24.0 Å². The van der Waals surface area contributed by atoms with E-state index in [-0.39, 0.29) is 6.42 Å². The minimum Gasteiger partial charge on any atom is -0.480 e. The van der Waals surface area contributed by atoms with Crippen molar-refractivity contribution in [2.24, 2.45) is 0 Å². The molecule has 0 bridgehead atoms. The lowest BCUT2D eigenvalue weighted by Crippen LogP contribution is -2.44. The highest BCUT2D eigenvalue weighted by atomic mass is 35.5. The van der Waals surface area contributed by atoms with Gasteiger partial charge >= 0.3 is 5.97 Å². The molecule has 1 amide bonds. The van der Waals surface area contributed by atoms with E-state index in [0.29, 0.717) is 10.6 Å². The molecule has 2 aromatic rings. The van der Waals surface area contributed by atoms with E-state index in [9.17, 15) is 14.7 Å². The second kappa shape index (κ2) is 8.47. The van der Waals surface area contributed by atoms with Gasteiger partial charge in [0.05, 0.1) is 0 Å². The number of carbonyl (C=O) groups excluding carboxylic acids is 1. The van der Waals surface area contributed by atoms with E-state index in [1.54, 1.807) is 48.5 Å². The van der Waals surface area contributed by atoms with Gasteiger partial charge in [0.2, 0.25) is 0 Å². The Labute approximate surface area is 145 Å². The molecule has 5 nitrogen and oxygen atoms in total. The highest BCUT2D eigenvalue weighted by molar-refractivity contribution is 6.30. The Morgan fingerprint density at radius 1 is 1.17 bits per heavy atom. The molecular formula is C18H18ClNO4. The summed E-state index contributed by atoms with van der Waals surface area (Å²) in [6.45, 7) is 0. The fraction of sp³-hybridized carbons (Fsp3) is 0.222. The highest BCUT2D eigenvalue weighted by Gasteiger charge is 2.26. The number of methoxy groups -OCH3 is 1. The van der Waals surface area contributed by atoms with E-state index in [4.69, 9.17) is 16.3 Å². The molecule has 0 aliphatic carbocycles. The number of amides is 1. The SMILES string of the molecule is CO[C@H](C(=O)N[C@H](Cc1cccc(Cl)c1)C(=O)O)c1ccccc1. The van der Waals surface area contributed by atoms with Crippen LogP contribution in [0.1, 0.15) is 17.2 Å². The van der Waals surface area contributed by atoms with Crippen LogP contribution in [-0.2, 0) is 20.7 Å². The van der Waals surface area contributed by atoms with Gasteiger partial charge in [-0.05, 0) is 23.3 Å². The van der Waals surface area contributed by atoms with Crippen LogP contribution in [0.4, 0.5) is 0 Å². The summed E-state index contributed by atoms with van der Waals surface area (Å²) in [5.41, 5.74) is 1.38. The highest BCUT2D eigenvalue weighted by Crippen LogP contribution is 2.17. The number of carboxylic acids is 1. The second-order valence-electron chi connectivity index (χ2n) is 5.26. The molecule has 0 fully saturated rings. The van der Waals surface area contributed by atoms with Gasteiger partial charge in [0.1, 0.15) is 6.04 Å². The Balaban J connectivity index is 2.11. The number of carbonyl (C=O) groups is 2. The Kier molecular flexibility index (Phi) is 6.35. The quantitative estimate of drug-likeness (QED) is 0.807. The zero-order valence-electron chi connectivity index (χ0n) is 13.1. The largest absolute Gasteiger partial charge is 0.480 e. The number of rotatable bonds is 7. The molecule has 2 aromatic carbocycles. The molecule has 0 saturated heterocycles. The topological polar surface area (TPSA) is 75.6 Å². The third-order valence-corrected chi connectivity index (χ3v) is 3.75. The smallest absolute Gasteiger partial charge is 0.326 e. The van der Waals surface area contributed by atoms with Crippen molar-refractivity contribution in [3.8, 4) is 0 Å². The number of nitrogens with one attached hydrogen (secondary N) is 1. The molecule has 0 spiro atoms. The number of halogens is 1. The molecule has 126 valence electrons. The average Bonchev–Trinajstić information content (AvgIpc) is 2.56. The van der Waals surface area contributed by atoms with Crippen molar-refractivity contribution < 1.29 is 19.4 Å². The lowest BCUT2D eigenvalue weighted by Gasteiger charge is -2.20. The fourth-order valence-electron chi connectivity index (χ4n) is 2.37. The average molecular weight is 348 g/mol. The third kappa shape index (κ3) is 4.81. The summed E-state index contributed by atoms with van der Waals surface area (Å²) in [4.78, 5) is 23.9. The van der Waals surface area contributed by atoms with Crippen LogP contribution in [0.15, 0.2) is 54.6 Å². The zero-order chi connectivity index (χ0) is 17.5. The maximum Gasteiger partial charge on any atom is 0.326 e. The van der Waals surface area contributed by atoms with Crippen molar-refractivity contribution in [3.63, 3.8) is 0 Å². The molecule has 0 heterocycles. The lowest BCUT2D eigenvalue weighted by molar-refractivity contribution is -0.144. The predicted octanol–water partition coefficient (Wildman–Crippen LogP) is 2.84. The van der Waals surface area contributed by atoms with Crippen LogP contribution in [0.25, 0.3) is 0 Å². The molecule has 0 unspecified atom stereocenters. The first-order valence-electron chi connectivity index (χ1n) is 7.36. The molecule has 2 atom stereocenters. The summed E-state index contributed by atoms with van der Waals surface area (Å²) in [5, 5.41) is 12.4. The summed E-state index contributed by atoms with van der Waals surface area (Å²) < 4.78 is 5.22. The second-order valence-corrected chi connectivity index (χ2v) is 5.70. The Morgan fingerprint density at radius 2 is 1.88 bits per heavy atom. The third-order valence-electron chi connectivity index (χ3n) is 3.52. The van der Waals surface area contributed by atoms with E-state index in [2.05, 4.69) is 5.32 Å². The number of ether oxygens (including phenoxy) is 1. The number of aliphatic carboxylic acids is 1. The van der Waals surface area contributed by atoms with Crippen LogP contribution in [0.5, 0.6) is 0 Å². The monoisotopic (exact) mass is 347 g/mol. The van der Waals surface area contributed by atoms with Gasteiger partial charge < -0.3 is 15.2 Å². The van der Waals surface area contributed by atoms with Gasteiger partial charge in [0.15, 0.2) is 6.10 Å². The standard InChI is InChI=1S/C18H18ClNO4/c1-24-16(13-7-3-2-4-8-13)17(21)20-15(18(22)23)11-12-6-5-9-14(19)10-12/h2-10,15-16H,11H2,1H3,(H,20,21)(H,22,23)/t15-,16+/m1/s1. The number of carboxylic acid groups (broad SMARTS) is 1. The van der Waals surface area contributed by atoms with E-state index >= 15 is 0 Å². The first kappa shape index (κ1) is 18.0. The molecule has 2 rings (SSSR count). The minimum absolute atomic E-state index is 0.132. The van der Waals surface area contributed by atoms with Crippen LogP contribution in [0, 0.1) is 0 Å². The number of hydrogen-bond donors (Lipinski definition) is 2. The van der Waals surface area contributed by atoms with Crippen molar-refractivity contribution in [1.82, 2.24) is 5.32 Å². The molecule has 0 radical (unpaired) electrons. The number of hydrogen-bond acceptors (Lipinski definition) is 3. The van der Waals surface area contributed by atoms with Crippen molar-refractivity contribution in [2.75, 3.05) is 7.11 Å². The minimum atomic E-state index is -1.12. The van der Waals surface area contributed by atoms with Crippen LogP contribution in [0.3, 0.4) is 0 Å². The Bertz CT molecular complexity index is 705. The van der Waals surface area contributed by atoms with Crippen molar-refractivity contribution in [3.05, 3.63) is 70.7 Å². The van der Waals surface area contributed by atoms with Gasteiger partial charge in [-0.3, -0.25) is 4.79 Å². The van der Waals surface area contributed by atoms with Gasteiger partial charge in [-0.2, -0.15) is 0 Å². The molecule has 2 N–H and O–H groups in total. The molecule has 0 saturated carbocycles. The van der Waals surface area contributed by atoms with Gasteiger partial charge in [-0.1, -0.05) is 54.1 Å². The van der Waals surface area contributed by atoms with Crippen LogP contribution < -0.4 is 5.32 Å². The molecular weight excluding hydrogens is 330 g/mol. The fourth-order valence-corrected chi connectivity index (χ4v) is 2.58.